The Kier molecular flexibility index (Phi) is 4.44. The highest BCUT2D eigenvalue weighted by Gasteiger charge is 2.32. The first kappa shape index (κ1) is 18.0. The number of aromatic nitrogens is 5. The molecule has 0 aliphatic rings. The summed E-state index contributed by atoms with van der Waals surface area (Å²) in [5, 5.41) is 11.7. The summed E-state index contributed by atoms with van der Waals surface area (Å²) >= 11 is 7.01. The fourth-order valence-corrected chi connectivity index (χ4v) is 2.92. The summed E-state index contributed by atoms with van der Waals surface area (Å²) in [5.74, 6) is 1.15. The first-order valence-electron chi connectivity index (χ1n) is 7.13. The number of fused-ring (bicyclic) bond motifs is 1. The fraction of sp³-hybridized carbons (Fsp3) is 0.429. The SMILES string of the molecule is CC(C)(C)c1noc(CSc2nnc3c(Cl)cc(C(F)(F)F)cn23)n1. The lowest BCUT2D eigenvalue weighted by atomic mass is 9.96. The zero-order valence-corrected chi connectivity index (χ0v) is 15.0. The van der Waals surface area contributed by atoms with Crippen molar-refractivity contribution in [3.63, 3.8) is 0 Å². The molecule has 0 aliphatic carbocycles. The lowest BCUT2D eigenvalue weighted by Crippen LogP contribution is -2.13. The predicted octanol–water partition coefficient (Wildman–Crippen LogP) is 4.37. The molecule has 0 saturated heterocycles. The van der Waals surface area contributed by atoms with Crippen molar-refractivity contribution in [2.24, 2.45) is 0 Å². The van der Waals surface area contributed by atoms with Crippen molar-refractivity contribution in [3.8, 4) is 0 Å². The van der Waals surface area contributed by atoms with Gasteiger partial charge < -0.3 is 4.52 Å². The van der Waals surface area contributed by atoms with Crippen molar-refractivity contribution in [2.75, 3.05) is 0 Å². The number of nitrogens with zero attached hydrogens (tertiary/aromatic N) is 5. The number of rotatable bonds is 3. The molecular weight excluding hydrogens is 379 g/mol. The van der Waals surface area contributed by atoms with Crippen LogP contribution in [0.3, 0.4) is 0 Å². The molecule has 0 N–H and O–H groups in total. The van der Waals surface area contributed by atoms with Crippen LogP contribution in [0, 0.1) is 0 Å². The minimum atomic E-state index is -4.52. The predicted molar refractivity (Wildman–Crippen MR) is 85.6 cm³/mol. The average Bonchev–Trinajstić information content (AvgIpc) is 3.10. The van der Waals surface area contributed by atoms with E-state index in [4.69, 9.17) is 16.1 Å². The molecule has 0 unspecified atom stereocenters. The number of halogens is 4. The maximum atomic E-state index is 12.9. The molecule has 134 valence electrons. The van der Waals surface area contributed by atoms with Gasteiger partial charge in [-0.25, -0.2) is 0 Å². The molecule has 0 aliphatic heterocycles. The molecule has 0 fully saturated rings. The molecule has 0 aromatic carbocycles. The van der Waals surface area contributed by atoms with Gasteiger partial charge in [0, 0.05) is 11.6 Å². The second-order valence-electron chi connectivity index (χ2n) is 6.30. The molecule has 6 nitrogen and oxygen atoms in total. The van der Waals surface area contributed by atoms with Crippen LogP contribution >= 0.6 is 23.4 Å². The molecule has 3 rings (SSSR count). The summed E-state index contributed by atoms with van der Waals surface area (Å²) in [4.78, 5) is 4.27. The van der Waals surface area contributed by atoms with Crippen molar-refractivity contribution in [3.05, 3.63) is 34.6 Å². The van der Waals surface area contributed by atoms with Crippen molar-refractivity contribution in [1.29, 1.82) is 0 Å². The molecule has 3 aromatic rings. The van der Waals surface area contributed by atoms with E-state index in [0.717, 1.165) is 24.0 Å². The second-order valence-corrected chi connectivity index (χ2v) is 7.65. The maximum absolute atomic E-state index is 12.9. The fourth-order valence-electron chi connectivity index (χ4n) is 1.93. The molecule has 11 heteroatoms. The highest BCUT2D eigenvalue weighted by atomic mass is 35.5. The van der Waals surface area contributed by atoms with E-state index in [-0.39, 0.29) is 27.0 Å². The first-order valence-corrected chi connectivity index (χ1v) is 8.49. The Bertz CT molecular complexity index is 915. The van der Waals surface area contributed by atoms with E-state index in [9.17, 15) is 13.2 Å². The van der Waals surface area contributed by atoms with E-state index in [1.54, 1.807) is 0 Å². The van der Waals surface area contributed by atoms with Gasteiger partial charge in [0.05, 0.1) is 16.3 Å². The Balaban J connectivity index is 1.87. The molecule has 3 heterocycles. The molecule has 0 atom stereocenters. The van der Waals surface area contributed by atoms with Crippen LogP contribution in [0.5, 0.6) is 0 Å². The molecule has 0 spiro atoms. The third-order valence-corrected chi connectivity index (χ3v) is 4.43. The van der Waals surface area contributed by atoms with E-state index in [1.807, 2.05) is 20.8 Å². The van der Waals surface area contributed by atoms with Gasteiger partial charge in [-0.15, -0.1) is 10.2 Å². The van der Waals surface area contributed by atoms with Crippen LogP contribution in [-0.2, 0) is 17.3 Å². The number of hydrogen-bond acceptors (Lipinski definition) is 6. The van der Waals surface area contributed by atoms with Crippen LogP contribution in [0.1, 0.15) is 38.0 Å². The van der Waals surface area contributed by atoms with E-state index in [2.05, 4.69) is 20.3 Å². The lowest BCUT2D eigenvalue weighted by Gasteiger charge is -2.10. The number of alkyl halides is 3. The Morgan fingerprint density at radius 2 is 1.96 bits per heavy atom. The number of thioether (sulfide) groups is 1. The topological polar surface area (TPSA) is 69.1 Å². The van der Waals surface area contributed by atoms with Gasteiger partial charge in [-0.3, -0.25) is 4.40 Å². The normalized spacial score (nSPS) is 12.9. The summed E-state index contributed by atoms with van der Waals surface area (Å²) < 4.78 is 45.2. The average molecular weight is 392 g/mol. The summed E-state index contributed by atoms with van der Waals surface area (Å²) in [6.45, 7) is 5.84. The molecule has 3 aromatic heterocycles. The summed E-state index contributed by atoms with van der Waals surface area (Å²) in [7, 11) is 0. The van der Waals surface area contributed by atoms with Gasteiger partial charge in [0.15, 0.2) is 16.6 Å². The number of hydrogen-bond donors (Lipinski definition) is 0. The van der Waals surface area contributed by atoms with Crippen molar-refractivity contribution in [2.45, 2.75) is 43.3 Å². The number of pyridine rings is 1. The Hall–Kier alpha value is -1.81. The largest absolute Gasteiger partial charge is 0.417 e. The van der Waals surface area contributed by atoms with Crippen molar-refractivity contribution < 1.29 is 17.7 Å². The van der Waals surface area contributed by atoms with Crippen molar-refractivity contribution >= 4 is 29.0 Å². The minimum absolute atomic E-state index is 0.123. The van der Waals surface area contributed by atoms with Crippen LogP contribution in [0.15, 0.2) is 21.9 Å². The monoisotopic (exact) mass is 391 g/mol. The van der Waals surface area contributed by atoms with Gasteiger partial charge in [-0.05, 0) is 6.07 Å². The smallest absolute Gasteiger partial charge is 0.338 e. The van der Waals surface area contributed by atoms with Crippen LogP contribution in [0.25, 0.3) is 5.65 Å². The van der Waals surface area contributed by atoms with E-state index in [0.29, 0.717) is 11.7 Å². The third kappa shape index (κ3) is 3.74. The summed E-state index contributed by atoms with van der Waals surface area (Å²) in [5.41, 5.74) is -0.985. The van der Waals surface area contributed by atoms with E-state index < -0.39 is 11.7 Å². The van der Waals surface area contributed by atoms with Gasteiger partial charge in [-0.2, -0.15) is 18.2 Å². The minimum Gasteiger partial charge on any atom is -0.338 e. The van der Waals surface area contributed by atoms with Gasteiger partial charge in [-0.1, -0.05) is 49.3 Å². The van der Waals surface area contributed by atoms with Gasteiger partial charge in [0.2, 0.25) is 5.89 Å². The zero-order valence-electron chi connectivity index (χ0n) is 13.4. The zero-order chi connectivity index (χ0) is 18.4. The highest BCUT2D eigenvalue weighted by molar-refractivity contribution is 7.98. The van der Waals surface area contributed by atoms with Crippen LogP contribution in [0.2, 0.25) is 5.02 Å². The van der Waals surface area contributed by atoms with Crippen LogP contribution in [-0.4, -0.2) is 24.7 Å². The Morgan fingerprint density at radius 1 is 1.24 bits per heavy atom. The lowest BCUT2D eigenvalue weighted by molar-refractivity contribution is -0.137. The first-order chi connectivity index (χ1) is 11.6. The van der Waals surface area contributed by atoms with Gasteiger partial charge >= 0.3 is 6.18 Å². The second kappa shape index (κ2) is 6.17. The molecule has 0 radical (unpaired) electrons. The van der Waals surface area contributed by atoms with Gasteiger partial charge in [0.1, 0.15) is 0 Å². The van der Waals surface area contributed by atoms with Crippen LogP contribution in [0.4, 0.5) is 13.2 Å². The van der Waals surface area contributed by atoms with Crippen LogP contribution < -0.4 is 0 Å². The molecule has 25 heavy (non-hydrogen) atoms. The highest BCUT2D eigenvalue weighted by Crippen LogP contribution is 2.33. The van der Waals surface area contributed by atoms with E-state index in [1.165, 1.54) is 4.40 Å². The molecule has 0 saturated carbocycles. The molecular formula is C14H13ClF3N5OS. The molecule has 0 bridgehead atoms. The van der Waals surface area contributed by atoms with Crippen molar-refractivity contribution in [1.82, 2.24) is 24.7 Å². The summed E-state index contributed by atoms with van der Waals surface area (Å²) in [6, 6.07) is 0.827. The van der Waals surface area contributed by atoms with E-state index >= 15 is 0 Å². The third-order valence-electron chi connectivity index (χ3n) is 3.22. The standard InChI is InChI=1S/C14H13ClF3N5OS/c1-13(2,3)11-19-9(24-22-11)6-25-12-21-20-10-8(15)4-7(5-23(10)12)14(16,17)18/h4-5H,6H2,1-3H3. The van der Waals surface area contributed by atoms with Gasteiger partial charge in [0.25, 0.3) is 0 Å². The summed E-state index contributed by atoms with van der Waals surface area (Å²) in [6.07, 6.45) is -3.60. The molecule has 0 amide bonds. The Labute approximate surface area is 149 Å². The Morgan fingerprint density at radius 3 is 2.56 bits per heavy atom. The quantitative estimate of drug-likeness (QED) is 0.617. The maximum Gasteiger partial charge on any atom is 0.417 e.